The van der Waals surface area contributed by atoms with Gasteiger partial charge in [0.15, 0.2) is 11.6 Å². The van der Waals surface area contributed by atoms with Gasteiger partial charge in [-0.05, 0) is 56.7 Å². The topological polar surface area (TPSA) is 104 Å². The molecule has 0 atom stereocenters. The average molecular weight is 571 g/mol. The number of hydrogen-bond donors (Lipinski definition) is 3. The highest BCUT2D eigenvalue weighted by Gasteiger charge is 2.33. The number of halogens is 5. The van der Waals surface area contributed by atoms with Gasteiger partial charge in [0, 0.05) is 50.1 Å². The van der Waals surface area contributed by atoms with Crippen LogP contribution in [0.25, 0.3) is 11.3 Å². The Morgan fingerprint density at radius 2 is 1.87 bits per heavy atom. The number of aromatic nitrogens is 2. The predicted molar refractivity (Wildman–Crippen MR) is 139 cm³/mol. The fourth-order valence-electron chi connectivity index (χ4n) is 4.85. The van der Waals surface area contributed by atoms with Crippen molar-refractivity contribution in [1.82, 2.24) is 15.3 Å². The van der Waals surface area contributed by atoms with Gasteiger partial charge in [-0.15, -0.1) is 13.2 Å². The maximum atomic E-state index is 14.6. The molecule has 1 saturated heterocycles. The molecule has 0 aromatic carbocycles. The van der Waals surface area contributed by atoms with Gasteiger partial charge in [0.05, 0.1) is 28.8 Å². The standard InChI is InChI=1S/C26H31ClF4N6O2/c27-20-14-34-23(36-18-3-1-17(2-4-18)33-9-12-39-26(29,30)31)13-19(20)22-6-5-21(28)24(37-22)35-16-25(15-32)7-10-38-11-8-25/h5-6,13-14,17-18,33H,1-4,7-12,16H2,(H,34,36)(H,35,37). The first kappa shape index (κ1) is 29.3. The lowest BCUT2D eigenvalue weighted by Crippen LogP contribution is -2.39. The maximum absolute atomic E-state index is 14.6. The highest BCUT2D eigenvalue weighted by molar-refractivity contribution is 6.33. The number of nitrogens with one attached hydrogen (secondary N) is 3. The third-order valence-electron chi connectivity index (χ3n) is 7.14. The SMILES string of the molecule is N#CC1(CNc2nc(-c3cc(NC4CCC(NCCOC(F)(F)F)CC4)ncc3Cl)ccc2F)CCOCC1. The zero-order valence-corrected chi connectivity index (χ0v) is 22.0. The molecule has 2 aromatic rings. The van der Waals surface area contributed by atoms with Crippen LogP contribution >= 0.6 is 11.6 Å². The molecule has 13 heteroatoms. The Morgan fingerprint density at radius 1 is 1.15 bits per heavy atom. The van der Waals surface area contributed by atoms with E-state index in [2.05, 4.69) is 36.7 Å². The quantitative estimate of drug-likeness (QED) is 0.253. The number of alkyl halides is 3. The van der Waals surface area contributed by atoms with Gasteiger partial charge in [-0.3, -0.25) is 4.74 Å². The largest absolute Gasteiger partial charge is 0.522 e. The molecule has 2 aliphatic rings. The van der Waals surface area contributed by atoms with Crippen molar-refractivity contribution in [1.29, 1.82) is 5.26 Å². The van der Waals surface area contributed by atoms with Gasteiger partial charge in [0.25, 0.3) is 0 Å². The minimum atomic E-state index is -4.61. The first-order valence-electron chi connectivity index (χ1n) is 12.9. The molecule has 8 nitrogen and oxygen atoms in total. The minimum Gasteiger partial charge on any atom is -0.381 e. The van der Waals surface area contributed by atoms with E-state index >= 15 is 0 Å². The maximum Gasteiger partial charge on any atom is 0.522 e. The number of rotatable bonds is 10. The first-order valence-corrected chi connectivity index (χ1v) is 13.3. The molecule has 2 aromatic heterocycles. The molecule has 3 N–H and O–H groups in total. The van der Waals surface area contributed by atoms with Gasteiger partial charge in [0.1, 0.15) is 5.82 Å². The summed E-state index contributed by atoms with van der Waals surface area (Å²) in [5.41, 5.74) is 0.402. The molecule has 0 spiro atoms. The fourth-order valence-corrected chi connectivity index (χ4v) is 5.05. The van der Waals surface area contributed by atoms with Crippen LogP contribution in [0.15, 0.2) is 24.4 Å². The van der Waals surface area contributed by atoms with Crippen LogP contribution in [0.3, 0.4) is 0 Å². The van der Waals surface area contributed by atoms with Gasteiger partial charge in [0.2, 0.25) is 0 Å². The molecule has 1 aliphatic carbocycles. The monoisotopic (exact) mass is 570 g/mol. The van der Waals surface area contributed by atoms with E-state index in [9.17, 15) is 22.8 Å². The molecule has 2 fully saturated rings. The van der Waals surface area contributed by atoms with Crippen LogP contribution in [0.4, 0.5) is 29.2 Å². The zero-order valence-electron chi connectivity index (χ0n) is 21.3. The fraction of sp³-hybridized carbons (Fsp3) is 0.577. The lowest BCUT2D eigenvalue weighted by Gasteiger charge is -2.31. The van der Waals surface area contributed by atoms with E-state index in [0.717, 1.165) is 25.7 Å². The molecule has 0 amide bonds. The molecule has 3 heterocycles. The molecular weight excluding hydrogens is 540 g/mol. The van der Waals surface area contributed by atoms with Crippen LogP contribution in [-0.2, 0) is 9.47 Å². The van der Waals surface area contributed by atoms with E-state index in [1.807, 2.05) is 0 Å². The molecule has 1 saturated carbocycles. The number of anilines is 2. The Hall–Kier alpha value is -2.72. The second-order valence-electron chi connectivity index (χ2n) is 9.88. The summed E-state index contributed by atoms with van der Waals surface area (Å²) in [6.07, 6.45) is 1.25. The van der Waals surface area contributed by atoms with Crippen molar-refractivity contribution in [3.05, 3.63) is 35.2 Å². The Morgan fingerprint density at radius 3 is 2.56 bits per heavy atom. The van der Waals surface area contributed by atoms with Crippen molar-refractivity contribution < 1.29 is 27.0 Å². The summed E-state index contributed by atoms with van der Waals surface area (Å²) in [4.78, 5) is 8.82. The van der Waals surface area contributed by atoms with E-state index in [-0.39, 0.29) is 31.0 Å². The van der Waals surface area contributed by atoms with Crippen molar-refractivity contribution in [3.8, 4) is 17.3 Å². The summed E-state index contributed by atoms with van der Waals surface area (Å²) < 4.78 is 60.0. The van der Waals surface area contributed by atoms with Crippen LogP contribution in [-0.4, -0.2) is 61.3 Å². The van der Waals surface area contributed by atoms with Gasteiger partial charge in [-0.1, -0.05) is 11.6 Å². The Kier molecular flexibility index (Phi) is 9.82. The predicted octanol–water partition coefficient (Wildman–Crippen LogP) is 5.52. The van der Waals surface area contributed by atoms with Crippen molar-refractivity contribution in [2.75, 3.05) is 43.5 Å². The van der Waals surface area contributed by atoms with E-state index in [1.165, 1.54) is 12.3 Å². The van der Waals surface area contributed by atoms with E-state index in [1.54, 1.807) is 12.1 Å². The molecule has 1 aliphatic heterocycles. The second-order valence-corrected chi connectivity index (χ2v) is 10.3. The van der Waals surface area contributed by atoms with E-state index in [4.69, 9.17) is 16.3 Å². The van der Waals surface area contributed by atoms with Crippen molar-refractivity contribution in [2.45, 2.75) is 57.0 Å². The number of hydrogen-bond acceptors (Lipinski definition) is 8. The molecule has 39 heavy (non-hydrogen) atoms. The van der Waals surface area contributed by atoms with Crippen molar-refractivity contribution in [2.24, 2.45) is 5.41 Å². The van der Waals surface area contributed by atoms with Crippen LogP contribution in [0.2, 0.25) is 5.02 Å². The summed E-state index contributed by atoms with van der Waals surface area (Å²) in [6, 6.07) is 7.23. The van der Waals surface area contributed by atoms with Crippen LogP contribution < -0.4 is 16.0 Å². The van der Waals surface area contributed by atoms with E-state index < -0.39 is 24.2 Å². The number of ether oxygens (including phenoxy) is 2. The normalized spacial score (nSPS) is 21.2. The third kappa shape index (κ3) is 8.38. The summed E-state index contributed by atoms with van der Waals surface area (Å²) in [7, 11) is 0. The first-order chi connectivity index (χ1) is 18.7. The Bertz CT molecular complexity index is 1150. The van der Waals surface area contributed by atoms with Crippen LogP contribution in [0, 0.1) is 22.6 Å². The molecule has 4 rings (SSSR count). The van der Waals surface area contributed by atoms with E-state index in [0.29, 0.717) is 48.2 Å². The Labute approximate surface area is 229 Å². The number of nitrogens with zero attached hydrogens (tertiary/aromatic N) is 3. The molecular formula is C26H31ClF4N6O2. The number of nitriles is 1. The molecule has 0 bridgehead atoms. The van der Waals surface area contributed by atoms with Gasteiger partial charge in [-0.2, -0.15) is 5.26 Å². The minimum absolute atomic E-state index is 0.0439. The summed E-state index contributed by atoms with van der Waals surface area (Å²) >= 11 is 6.43. The number of pyridine rings is 2. The van der Waals surface area contributed by atoms with Crippen LogP contribution in [0.5, 0.6) is 0 Å². The lowest BCUT2D eigenvalue weighted by atomic mass is 9.82. The molecule has 0 radical (unpaired) electrons. The lowest BCUT2D eigenvalue weighted by molar-refractivity contribution is -0.323. The zero-order chi connectivity index (χ0) is 27.9. The van der Waals surface area contributed by atoms with Crippen molar-refractivity contribution >= 4 is 23.2 Å². The second kappa shape index (κ2) is 13.1. The summed E-state index contributed by atoms with van der Waals surface area (Å²) in [6.45, 7) is 0.953. The highest BCUT2D eigenvalue weighted by atomic mass is 35.5. The van der Waals surface area contributed by atoms with Gasteiger partial charge in [-0.25, -0.2) is 14.4 Å². The molecule has 212 valence electrons. The average Bonchev–Trinajstić information content (AvgIpc) is 2.93. The molecule has 0 unspecified atom stereocenters. The summed E-state index contributed by atoms with van der Waals surface area (Å²) in [5, 5.41) is 19.5. The Balaban J connectivity index is 1.35. The highest BCUT2D eigenvalue weighted by Crippen LogP contribution is 2.33. The summed E-state index contributed by atoms with van der Waals surface area (Å²) in [5.74, 6) is 0.107. The third-order valence-corrected chi connectivity index (χ3v) is 7.44. The smallest absolute Gasteiger partial charge is 0.381 e. The van der Waals surface area contributed by atoms with Crippen LogP contribution in [0.1, 0.15) is 38.5 Å². The van der Waals surface area contributed by atoms with Gasteiger partial charge >= 0.3 is 6.36 Å². The van der Waals surface area contributed by atoms with Crippen molar-refractivity contribution in [3.63, 3.8) is 0 Å². The van der Waals surface area contributed by atoms with Gasteiger partial charge < -0.3 is 20.7 Å².